The minimum Gasteiger partial charge on any atom is -0.454 e. The molecule has 2 aromatic carbocycles. The molecule has 1 aliphatic rings. The molecule has 10 nitrogen and oxygen atoms in total. The molecule has 4 rings (SSSR count). The van der Waals surface area contributed by atoms with E-state index in [-0.39, 0.29) is 24.4 Å². The fourth-order valence-corrected chi connectivity index (χ4v) is 3.74. The van der Waals surface area contributed by atoms with Crippen molar-refractivity contribution >= 4 is 35.0 Å². The lowest BCUT2D eigenvalue weighted by molar-refractivity contribution is -0.116. The van der Waals surface area contributed by atoms with Gasteiger partial charge in [0, 0.05) is 17.8 Å². The molecule has 11 heteroatoms. The quantitative estimate of drug-likeness (QED) is 0.499. The molecule has 0 saturated heterocycles. The van der Waals surface area contributed by atoms with E-state index in [4.69, 9.17) is 9.47 Å². The zero-order chi connectivity index (χ0) is 22.5. The minimum absolute atomic E-state index is 0.0558. The number of aromatic nitrogens is 4. The van der Waals surface area contributed by atoms with Crippen molar-refractivity contribution in [3.63, 3.8) is 0 Å². The van der Waals surface area contributed by atoms with Gasteiger partial charge in [0.15, 0.2) is 11.5 Å². The van der Waals surface area contributed by atoms with Crippen LogP contribution < -0.4 is 20.1 Å². The summed E-state index contributed by atoms with van der Waals surface area (Å²) in [6.45, 7) is 4.33. The number of nitrogens with one attached hydrogen (secondary N) is 2. The zero-order valence-electron chi connectivity index (χ0n) is 17.6. The van der Waals surface area contributed by atoms with Crippen LogP contribution in [0.3, 0.4) is 0 Å². The summed E-state index contributed by atoms with van der Waals surface area (Å²) < 4.78 is 12.4. The van der Waals surface area contributed by atoms with Gasteiger partial charge in [-0.1, -0.05) is 24.8 Å². The average Bonchev–Trinajstić information content (AvgIpc) is 3.43. The minimum atomic E-state index is -0.183. The van der Waals surface area contributed by atoms with Crippen molar-refractivity contribution in [1.82, 2.24) is 20.2 Å². The number of tetrazole rings is 1. The van der Waals surface area contributed by atoms with Gasteiger partial charge in [0.25, 0.3) is 0 Å². The molecule has 3 aromatic rings. The summed E-state index contributed by atoms with van der Waals surface area (Å²) in [6.07, 6.45) is 0.406. The van der Waals surface area contributed by atoms with Crippen molar-refractivity contribution in [2.24, 2.45) is 0 Å². The van der Waals surface area contributed by atoms with Crippen molar-refractivity contribution in [3.05, 3.63) is 47.5 Å². The summed E-state index contributed by atoms with van der Waals surface area (Å²) >= 11 is 1.25. The molecule has 0 aliphatic carbocycles. The summed E-state index contributed by atoms with van der Waals surface area (Å²) in [6, 6.07) is 11.0. The molecule has 0 saturated carbocycles. The maximum absolute atomic E-state index is 12.4. The molecule has 32 heavy (non-hydrogen) atoms. The number of carbonyl (C=O) groups excluding carboxylic acids is 2. The van der Waals surface area contributed by atoms with E-state index in [1.54, 1.807) is 23.7 Å². The first-order valence-corrected chi connectivity index (χ1v) is 11.0. The number of carbonyl (C=O) groups is 2. The fraction of sp³-hybridized carbons (Fsp3) is 0.286. The summed E-state index contributed by atoms with van der Waals surface area (Å²) in [5.74, 6) is 1.32. The molecule has 0 unspecified atom stereocenters. The summed E-state index contributed by atoms with van der Waals surface area (Å²) in [5.41, 5.74) is 3.21. The van der Waals surface area contributed by atoms with Gasteiger partial charge in [-0.15, -0.1) is 5.10 Å². The number of thioether (sulfide) groups is 1. The summed E-state index contributed by atoms with van der Waals surface area (Å²) in [4.78, 5) is 24.0. The highest BCUT2D eigenvalue weighted by Crippen LogP contribution is 2.32. The highest BCUT2D eigenvalue weighted by Gasteiger charge is 2.15. The van der Waals surface area contributed by atoms with E-state index in [2.05, 4.69) is 26.2 Å². The molecule has 0 atom stereocenters. The third kappa shape index (κ3) is 5.17. The number of hydrogen-bond donors (Lipinski definition) is 2. The highest BCUT2D eigenvalue weighted by atomic mass is 32.2. The maximum Gasteiger partial charge on any atom is 0.234 e. The molecule has 166 valence electrons. The number of benzene rings is 2. The fourth-order valence-electron chi connectivity index (χ4n) is 3.06. The number of fused-ring (bicyclic) bond motifs is 1. The third-order valence-electron chi connectivity index (χ3n) is 4.71. The average molecular weight is 455 g/mol. The van der Waals surface area contributed by atoms with Crippen LogP contribution in [0.4, 0.5) is 11.4 Å². The Kier molecular flexibility index (Phi) is 6.55. The van der Waals surface area contributed by atoms with E-state index in [1.807, 2.05) is 31.2 Å². The number of rotatable bonds is 8. The monoisotopic (exact) mass is 454 g/mol. The predicted molar refractivity (Wildman–Crippen MR) is 119 cm³/mol. The smallest absolute Gasteiger partial charge is 0.234 e. The number of hydrogen-bond acceptors (Lipinski definition) is 8. The normalized spacial score (nSPS) is 11.9. The van der Waals surface area contributed by atoms with Gasteiger partial charge >= 0.3 is 0 Å². The second kappa shape index (κ2) is 9.69. The van der Waals surface area contributed by atoms with Crippen LogP contribution in [0.1, 0.15) is 24.5 Å². The standard InChI is InChI=1S/C21H22N6O4S/c1-3-19(28)23-16-6-5-15(8-13(16)2)22-20(29)11-32-21-24-25-26-27(21)10-14-4-7-17-18(9-14)31-12-30-17/h4-9H,3,10-12H2,1-2H3,(H,22,29)(H,23,28). The van der Waals surface area contributed by atoms with E-state index in [9.17, 15) is 9.59 Å². The van der Waals surface area contributed by atoms with Crippen LogP contribution in [0, 0.1) is 6.92 Å². The Bertz CT molecular complexity index is 1150. The van der Waals surface area contributed by atoms with E-state index in [1.165, 1.54) is 11.8 Å². The lowest BCUT2D eigenvalue weighted by Crippen LogP contribution is -2.15. The number of anilines is 2. The maximum atomic E-state index is 12.4. The Balaban J connectivity index is 1.33. The van der Waals surface area contributed by atoms with Crippen LogP contribution in [0.25, 0.3) is 0 Å². The van der Waals surface area contributed by atoms with Crippen molar-refractivity contribution in [1.29, 1.82) is 0 Å². The van der Waals surface area contributed by atoms with Gasteiger partial charge in [0.05, 0.1) is 12.3 Å². The van der Waals surface area contributed by atoms with E-state index in [0.717, 1.165) is 16.8 Å². The SMILES string of the molecule is CCC(=O)Nc1ccc(NC(=O)CSc2nnnn2Cc2ccc3c(c2)OCO3)cc1C. The van der Waals surface area contributed by atoms with E-state index >= 15 is 0 Å². The van der Waals surface area contributed by atoms with Gasteiger partial charge in [-0.25, -0.2) is 4.68 Å². The summed E-state index contributed by atoms with van der Waals surface area (Å²) in [5, 5.41) is 18.0. The van der Waals surface area contributed by atoms with Crippen molar-refractivity contribution in [3.8, 4) is 11.5 Å². The molecule has 2 N–H and O–H groups in total. The van der Waals surface area contributed by atoms with Crippen LogP contribution >= 0.6 is 11.8 Å². The van der Waals surface area contributed by atoms with Crippen LogP contribution in [-0.4, -0.2) is 44.6 Å². The number of ether oxygens (including phenoxy) is 2. The van der Waals surface area contributed by atoms with E-state index in [0.29, 0.717) is 35.3 Å². The largest absolute Gasteiger partial charge is 0.454 e. The first kappa shape index (κ1) is 21.6. The van der Waals surface area contributed by atoms with Crippen molar-refractivity contribution in [2.45, 2.75) is 32.0 Å². The second-order valence-corrected chi connectivity index (χ2v) is 8.02. The molecule has 0 radical (unpaired) electrons. The van der Waals surface area contributed by atoms with Crippen molar-refractivity contribution in [2.75, 3.05) is 23.2 Å². The van der Waals surface area contributed by atoms with Gasteiger partial charge in [-0.3, -0.25) is 9.59 Å². The van der Waals surface area contributed by atoms with Crippen LogP contribution in [0.5, 0.6) is 11.5 Å². The third-order valence-corrected chi connectivity index (χ3v) is 5.66. The van der Waals surface area contributed by atoms with Gasteiger partial charge < -0.3 is 20.1 Å². The van der Waals surface area contributed by atoms with Crippen LogP contribution in [0.2, 0.25) is 0 Å². The number of nitrogens with zero attached hydrogens (tertiary/aromatic N) is 4. The highest BCUT2D eigenvalue weighted by molar-refractivity contribution is 7.99. The van der Waals surface area contributed by atoms with Crippen LogP contribution in [-0.2, 0) is 16.1 Å². The summed E-state index contributed by atoms with van der Waals surface area (Å²) in [7, 11) is 0. The Hall–Kier alpha value is -3.60. The number of aryl methyl sites for hydroxylation is 1. The van der Waals surface area contributed by atoms with Gasteiger partial charge in [-0.2, -0.15) is 0 Å². The van der Waals surface area contributed by atoms with Gasteiger partial charge in [0.2, 0.25) is 23.8 Å². The zero-order valence-corrected chi connectivity index (χ0v) is 18.4. The second-order valence-electron chi connectivity index (χ2n) is 7.08. The molecule has 1 aromatic heterocycles. The molecule has 2 heterocycles. The molecular weight excluding hydrogens is 432 g/mol. The van der Waals surface area contributed by atoms with Crippen LogP contribution in [0.15, 0.2) is 41.6 Å². The van der Waals surface area contributed by atoms with Gasteiger partial charge in [-0.05, 0) is 58.8 Å². The lowest BCUT2D eigenvalue weighted by Gasteiger charge is -2.11. The topological polar surface area (TPSA) is 120 Å². The first-order chi connectivity index (χ1) is 15.5. The lowest BCUT2D eigenvalue weighted by atomic mass is 10.1. The van der Waals surface area contributed by atoms with Crippen molar-refractivity contribution < 1.29 is 19.1 Å². The molecule has 1 aliphatic heterocycles. The Morgan fingerprint density at radius 3 is 2.75 bits per heavy atom. The molecular formula is C21H22N6O4S. The van der Waals surface area contributed by atoms with E-state index < -0.39 is 0 Å². The van der Waals surface area contributed by atoms with Gasteiger partial charge in [0.1, 0.15) is 0 Å². The molecule has 0 fully saturated rings. The Morgan fingerprint density at radius 1 is 1.09 bits per heavy atom. The molecule has 2 amide bonds. The molecule has 0 bridgehead atoms. The predicted octanol–water partition coefficient (Wildman–Crippen LogP) is 2.84. The molecule has 0 spiro atoms. The Morgan fingerprint density at radius 2 is 1.94 bits per heavy atom. The number of amides is 2. The Labute approximate surface area is 188 Å². The first-order valence-electron chi connectivity index (χ1n) is 9.99.